The van der Waals surface area contributed by atoms with Crippen LogP contribution < -0.4 is 20.1 Å². The molecule has 0 amide bonds. The fraction of sp³-hybridized carbons (Fsp3) is 0.278. The number of hydrogen-bond acceptors (Lipinski definition) is 7. The zero-order valence-corrected chi connectivity index (χ0v) is 15.1. The second-order valence-electron chi connectivity index (χ2n) is 6.34. The molecule has 2 N–H and O–H groups in total. The van der Waals surface area contributed by atoms with Crippen molar-refractivity contribution in [1.82, 2.24) is 20.3 Å². The van der Waals surface area contributed by atoms with E-state index in [-0.39, 0.29) is 28.8 Å². The number of benzene rings is 1. The molecule has 0 aliphatic carbocycles. The monoisotopic (exact) mass is 427 g/mol. The Labute approximate surface area is 166 Å². The van der Waals surface area contributed by atoms with Crippen molar-refractivity contribution >= 4 is 22.5 Å². The van der Waals surface area contributed by atoms with E-state index in [1.165, 1.54) is 0 Å². The van der Waals surface area contributed by atoms with Crippen molar-refractivity contribution in [3.63, 3.8) is 0 Å². The van der Waals surface area contributed by atoms with Crippen LogP contribution in [0.15, 0.2) is 24.5 Å². The van der Waals surface area contributed by atoms with Crippen molar-refractivity contribution < 1.29 is 31.4 Å². The molecule has 0 unspecified atom stereocenters. The Morgan fingerprint density at radius 2 is 1.97 bits per heavy atom. The maximum Gasteiger partial charge on any atom is 0.387 e. The highest BCUT2D eigenvalue weighted by molar-refractivity contribution is 5.87. The van der Waals surface area contributed by atoms with E-state index in [4.69, 9.17) is 4.74 Å². The summed E-state index contributed by atoms with van der Waals surface area (Å²) in [6.45, 7) is -2.05. The molecule has 0 spiro atoms. The van der Waals surface area contributed by atoms with Gasteiger partial charge >= 0.3 is 6.61 Å². The third-order valence-corrected chi connectivity index (χ3v) is 4.34. The normalized spacial score (nSPS) is 16.3. The fourth-order valence-corrected chi connectivity index (χ4v) is 2.95. The van der Waals surface area contributed by atoms with E-state index in [0.29, 0.717) is 13.0 Å². The summed E-state index contributed by atoms with van der Waals surface area (Å²) in [5.41, 5.74) is -0.268. The zero-order chi connectivity index (χ0) is 21.3. The zero-order valence-electron chi connectivity index (χ0n) is 15.1. The maximum absolute atomic E-state index is 14.3. The van der Waals surface area contributed by atoms with Gasteiger partial charge in [0.1, 0.15) is 17.9 Å². The Bertz CT molecular complexity index is 1080. The van der Waals surface area contributed by atoms with Crippen LogP contribution in [0.25, 0.3) is 11.0 Å². The second kappa shape index (κ2) is 8.22. The number of hydrogen-bond donors (Lipinski definition) is 2. The number of fused-ring (bicyclic) bond motifs is 1. The highest BCUT2D eigenvalue weighted by Crippen LogP contribution is 2.31. The number of pyridine rings is 1. The first kappa shape index (κ1) is 20.0. The van der Waals surface area contributed by atoms with Crippen molar-refractivity contribution in [3.05, 3.63) is 42.0 Å². The van der Waals surface area contributed by atoms with E-state index >= 15 is 0 Å². The molecular weight excluding hydrogens is 413 g/mol. The number of nitrogens with zero attached hydrogens (tertiary/aromatic N) is 3. The standard InChI is InChI=1S/C18H14F5N5O2/c19-9-5-11-15(28-17(9)29-8-3-4-24-6-8)16(26-7-25-11)27-10-1-2-12(30-18(22)23)14(21)13(10)20/h1-2,5,7-8,18,24H,3-4,6H2,(H,25,26,27)/t8-/m0/s1. The molecule has 0 radical (unpaired) electrons. The lowest BCUT2D eigenvalue weighted by Gasteiger charge is -2.14. The van der Waals surface area contributed by atoms with Gasteiger partial charge < -0.3 is 20.1 Å². The first-order valence-electron chi connectivity index (χ1n) is 8.81. The predicted octanol–water partition coefficient (Wildman–Crippen LogP) is 3.53. The third-order valence-electron chi connectivity index (χ3n) is 4.34. The summed E-state index contributed by atoms with van der Waals surface area (Å²) >= 11 is 0. The van der Waals surface area contributed by atoms with E-state index in [1.54, 1.807) is 0 Å². The quantitative estimate of drug-likeness (QED) is 0.583. The number of halogens is 5. The summed E-state index contributed by atoms with van der Waals surface area (Å²) in [6.07, 6.45) is 1.49. The number of nitrogens with one attached hydrogen (secondary N) is 2. The smallest absolute Gasteiger partial charge is 0.387 e. The fourth-order valence-electron chi connectivity index (χ4n) is 2.95. The third kappa shape index (κ3) is 4.03. The first-order valence-corrected chi connectivity index (χ1v) is 8.81. The van der Waals surface area contributed by atoms with Crippen molar-refractivity contribution in [2.24, 2.45) is 0 Å². The molecule has 7 nitrogen and oxygen atoms in total. The Balaban J connectivity index is 1.68. The van der Waals surface area contributed by atoms with Crippen molar-refractivity contribution in [2.45, 2.75) is 19.1 Å². The molecule has 3 aromatic rings. The SMILES string of the molecule is Fc1cc2ncnc(Nc3ccc(OC(F)F)c(F)c3F)c2nc1O[C@H]1CCNC1. The highest BCUT2D eigenvalue weighted by atomic mass is 19.3. The molecule has 0 bridgehead atoms. The van der Waals surface area contributed by atoms with Gasteiger partial charge in [-0.05, 0) is 25.1 Å². The molecule has 1 fully saturated rings. The van der Waals surface area contributed by atoms with Crippen molar-refractivity contribution in [3.8, 4) is 11.6 Å². The van der Waals surface area contributed by atoms with E-state index in [0.717, 1.165) is 31.1 Å². The van der Waals surface area contributed by atoms with Crippen LogP contribution in [-0.2, 0) is 0 Å². The van der Waals surface area contributed by atoms with Crippen LogP contribution in [0.3, 0.4) is 0 Å². The maximum atomic E-state index is 14.3. The van der Waals surface area contributed by atoms with Crippen molar-refractivity contribution in [1.29, 1.82) is 0 Å². The summed E-state index contributed by atoms with van der Waals surface area (Å²) in [4.78, 5) is 11.9. The molecule has 2 aromatic heterocycles. The molecule has 0 saturated carbocycles. The number of rotatable bonds is 6. The predicted molar refractivity (Wildman–Crippen MR) is 95.5 cm³/mol. The molecular formula is C18H14F5N5O2. The van der Waals surface area contributed by atoms with E-state index in [9.17, 15) is 22.0 Å². The Morgan fingerprint density at radius 1 is 1.13 bits per heavy atom. The molecule has 1 aliphatic rings. The van der Waals surface area contributed by atoms with Crippen LogP contribution in [0.5, 0.6) is 11.6 Å². The van der Waals surface area contributed by atoms with E-state index < -0.39 is 35.5 Å². The molecule has 1 aromatic carbocycles. The summed E-state index contributed by atoms with van der Waals surface area (Å²) in [5.74, 6) is -5.08. The minimum Gasteiger partial charge on any atom is -0.471 e. The van der Waals surface area contributed by atoms with Gasteiger partial charge in [-0.25, -0.2) is 23.7 Å². The van der Waals surface area contributed by atoms with Gasteiger partial charge in [-0.2, -0.15) is 13.2 Å². The van der Waals surface area contributed by atoms with Gasteiger partial charge in [0.25, 0.3) is 5.88 Å². The van der Waals surface area contributed by atoms with Crippen molar-refractivity contribution in [2.75, 3.05) is 18.4 Å². The molecule has 12 heteroatoms. The molecule has 1 saturated heterocycles. The van der Waals surface area contributed by atoms with Crippen LogP contribution in [0.4, 0.5) is 33.5 Å². The molecule has 4 rings (SSSR count). The second-order valence-corrected chi connectivity index (χ2v) is 6.34. The van der Waals surface area contributed by atoms with Gasteiger partial charge in [0.15, 0.2) is 23.2 Å². The summed E-state index contributed by atoms with van der Waals surface area (Å²) in [6, 6.07) is 2.92. The Morgan fingerprint density at radius 3 is 2.70 bits per heavy atom. The lowest BCUT2D eigenvalue weighted by molar-refractivity contribution is -0.0525. The van der Waals surface area contributed by atoms with Crippen LogP contribution in [0.1, 0.15) is 6.42 Å². The number of alkyl halides is 2. The van der Waals surface area contributed by atoms with Crippen LogP contribution in [-0.4, -0.2) is 40.8 Å². The Hall–Kier alpha value is -3.28. The Kier molecular flexibility index (Phi) is 5.48. The number of aromatic nitrogens is 3. The summed E-state index contributed by atoms with van der Waals surface area (Å²) in [5, 5.41) is 5.59. The van der Waals surface area contributed by atoms with Gasteiger partial charge in [0.05, 0.1) is 11.2 Å². The highest BCUT2D eigenvalue weighted by Gasteiger charge is 2.22. The van der Waals surface area contributed by atoms with Gasteiger partial charge in [0, 0.05) is 12.6 Å². The topological polar surface area (TPSA) is 81.2 Å². The van der Waals surface area contributed by atoms with Crippen LogP contribution in [0, 0.1) is 17.5 Å². The number of ether oxygens (including phenoxy) is 2. The van der Waals surface area contributed by atoms with Crippen LogP contribution >= 0.6 is 0 Å². The van der Waals surface area contributed by atoms with Gasteiger partial charge in [-0.3, -0.25) is 0 Å². The summed E-state index contributed by atoms with van der Waals surface area (Å²) in [7, 11) is 0. The molecule has 1 atom stereocenters. The summed E-state index contributed by atoms with van der Waals surface area (Å²) < 4.78 is 76.6. The average Bonchev–Trinajstić information content (AvgIpc) is 3.21. The minimum atomic E-state index is -3.31. The lowest BCUT2D eigenvalue weighted by Crippen LogP contribution is -2.20. The first-order chi connectivity index (χ1) is 14.4. The minimum absolute atomic E-state index is 0.0487. The molecule has 3 heterocycles. The van der Waals surface area contributed by atoms with E-state index in [2.05, 4.69) is 30.3 Å². The van der Waals surface area contributed by atoms with Gasteiger partial charge in [0.2, 0.25) is 5.82 Å². The van der Waals surface area contributed by atoms with Gasteiger partial charge in [-0.15, -0.1) is 0 Å². The molecule has 1 aliphatic heterocycles. The van der Waals surface area contributed by atoms with Gasteiger partial charge in [-0.1, -0.05) is 0 Å². The van der Waals surface area contributed by atoms with Crippen LogP contribution in [0.2, 0.25) is 0 Å². The number of anilines is 2. The average molecular weight is 427 g/mol. The molecule has 158 valence electrons. The largest absolute Gasteiger partial charge is 0.471 e. The lowest BCUT2D eigenvalue weighted by atomic mass is 10.2. The molecule has 30 heavy (non-hydrogen) atoms. The van der Waals surface area contributed by atoms with E-state index in [1.807, 2.05) is 0 Å².